The molecule has 0 aromatic carbocycles. The molecular weight excluding hydrogens is 150 g/mol. The minimum Gasteiger partial charge on any atom is -0.501 e. The van der Waals surface area contributed by atoms with E-state index in [4.69, 9.17) is 10.1 Å². The molecule has 0 aliphatic carbocycles. The number of nitrogens with one attached hydrogen (secondary N) is 1. The van der Waals surface area contributed by atoms with Crippen LogP contribution in [0.4, 0.5) is 0 Å². The van der Waals surface area contributed by atoms with E-state index in [0.29, 0.717) is 11.6 Å². The molecule has 12 heavy (non-hydrogen) atoms. The lowest BCUT2D eigenvalue weighted by Gasteiger charge is -2.10. The van der Waals surface area contributed by atoms with E-state index in [1.165, 1.54) is 0 Å². The van der Waals surface area contributed by atoms with E-state index in [2.05, 4.69) is 13.8 Å². The second kappa shape index (κ2) is 5.81. The van der Waals surface area contributed by atoms with Crippen molar-refractivity contribution in [1.29, 1.82) is 5.41 Å². The van der Waals surface area contributed by atoms with Crippen LogP contribution in [0.5, 0.6) is 0 Å². The van der Waals surface area contributed by atoms with Crippen molar-refractivity contribution < 1.29 is 4.74 Å². The molecule has 1 atom stereocenters. The molecule has 0 aliphatic rings. The fourth-order valence-corrected chi connectivity index (χ4v) is 0.930. The normalized spacial score (nSPS) is 14.2. The summed E-state index contributed by atoms with van der Waals surface area (Å²) in [6.45, 7) is 6.11. The standard InChI is InChI=1S/C10H19NO/c1-5-8(2)6-10(12-4)7-9(3)11/h7-8,11H,5-6H2,1-4H3/b10-7+,11-9?/t8-/m0/s1. The van der Waals surface area contributed by atoms with Crippen LogP contribution in [0.15, 0.2) is 11.8 Å². The van der Waals surface area contributed by atoms with Gasteiger partial charge in [0.15, 0.2) is 0 Å². The zero-order chi connectivity index (χ0) is 9.56. The fourth-order valence-electron chi connectivity index (χ4n) is 0.930. The summed E-state index contributed by atoms with van der Waals surface area (Å²) in [4.78, 5) is 0. The molecule has 1 N–H and O–H groups in total. The van der Waals surface area contributed by atoms with Crippen LogP contribution in [-0.2, 0) is 4.74 Å². The van der Waals surface area contributed by atoms with Crippen molar-refractivity contribution >= 4 is 5.71 Å². The maximum atomic E-state index is 7.27. The van der Waals surface area contributed by atoms with Crippen LogP contribution in [0.25, 0.3) is 0 Å². The summed E-state index contributed by atoms with van der Waals surface area (Å²) in [5.41, 5.74) is 0.551. The van der Waals surface area contributed by atoms with Gasteiger partial charge >= 0.3 is 0 Å². The van der Waals surface area contributed by atoms with Gasteiger partial charge in [-0.25, -0.2) is 0 Å². The molecule has 0 fully saturated rings. The second-order valence-corrected chi connectivity index (χ2v) is 3.22. The van der Waals surface area contributed by atoms with Gasteiger partial charge in [0, 0.05) is 12.1 Å². The topological polar surface area (TPSA) is 33.1 Å². The summed E-state index contributed by atoms with van der Waals surface area (Å²) < 4.78 is 5.15. The fraction of sp³-hybridized carbons (Fsp3) is 0.700. The summed E-state index contributed by atoms with van der Waals surface area (Å²) in [6.07, 6.45) is 3.87. The Bertz CT molecular complexity index is 173. The molecule has 0 heterocycles. The highest BCUT2D eigenvalue weighted by Gasteiger charge is 2.03. The summed E-state index contributed by atoms with van der Waals surface area (Å²) in [5, 5.41) is 7.27. The SMILES string of the molecule is CC[C@H](C)C/C(=C\C(C)=N)OC. The molecule has 0 aromatic rings. The van der Waals surface area contributed by atoms with Gasteiger partial charge in [0.1, 0.15) is 0 Å². The van der Waals surface area contributed by atoms with Crippen LogP contribution in [0.3, 0.4) is 0 Å². The summed E-state index contributed by atoms with van der Waals surface area (Å²) in [5.74, 6) is 1.55. The summed E-state index contributed by atoms with van der Waals surface area (Å²) >= 11 is 0. The van der Waals surface area contributed by atoms with Crippen molar-refractivity contribution in [2.45, 2.75) is 33.6 Å². The van der Waals surface area contributed by atoms with Gasteiger partial charge in [0.25, 0.3) is 0 Å². The predicted octanol–water partition coefficient (Wildman–Crippen LogP) is 2.99. The summed E-state index contributed by atoms with van der Waals surface area (Å²) in [6, 6.07) is 0. The number of hydrogen-bond donors (Lipinski definition) is 1. The van der Waals surface area contributed by atoms with E-state index in [-0.39, 0.29) is 0 Å². The highest BCUT2D eigenvalue weighted by Crippen LogP contribution is 2.14. The molecule has 0 amide bonds. The Morgan fingerprint density at radius 3 is 2.50 bits per heavy atom. The molecular formula is C10H19NO. The Kier molecular flexibility index (Phi) is 5.43. The molecule has 0 bridgehead atoms. The van der Waals surface area contributed by atoms with E-state index in [9.17, 15) is 0 Å². The molecule has 2 heteroatoms. The number of hydrogen-bond acceptors (Lipinski definition) is 2. The highest BCUT2D eigenvalue weighted by molar-refractivity contribution is 5.90. The quantitative estimate of drug-likeness (QED) is 0.498. The average molecular weight is 169 g/mol. The third kappa shape index (κ3) is 4.94. The number of ether oxygens (including phenoxy) is 1. The number of allylic oxidation sites excluding steroid dienone is 2. The van der Waals surface area contributed by atoms with E-state index >= 15 is 0 Å². The first-order chi connectivity index (χ1) is 5.60. The lowest BCUT2D eigenvalue weighted by atomic mass is 10.0. The van der Waals surface area contributed by atoms with Crippen molar-refractivity contribution in [2.75, 3.05) is 7.11 Å². The van der Waals surface area contributed by atoms with E-state index in [1.807, 2.05) is 0 Å². The van der Waals surface area contributed by atoms with Crippen LogP contribution < -0.4 is 0 Å². The first-order valence-corrected chi connectivity index (χ1v) is 4.39. The Morgan fingerprint density at radius 2 is 2.17 bits per heavy atom. The third-order valence-corrected chi connectivity index (χ3v) is 1.89. The molecule has 0 saturated carbocycles. The van der Waals surface area contributed by atoms with Crippen molar-refractivity contribution in [1.82, 2.24) is 0 Å². The molecule has 70 valence electrons. The van der Waals surface area contributed by atoms with Crippen molar-refractivity contribution in [3.63, 3.8) is 0 Å². The van der Waals surface area contributed by atoms with Crippen LogP contribution in [0.1, 0.15) is 33.6 Å². The Labute approximate surface area is 75.1 Å². The van der Waals surface area contributed by atoms with E-state index < -0.39 is 0 Å². The van der Waals surface area contributed by atoms with E-state index in [0.717, 1.165) is 18.6 Å². The van der Waals surface area contributed by atoms with E-state index in [1.54, 1.807) is 20.1 Å². The Hall–Kier alpha value is -0.790. The monoisotopic (exact) mass is 169 g/mol. The molecule has 0 spiro atoms. The predicted molar refractivity (Wildman–Crippen MR) is 52.6 cm³/mol. The molecule has 0 rings (SSSR count). The van der Waals surface area contributed by atoms with Gasteiger partial charge < -0.3 is 10.1 Å². The van der Waals surface area contributed by atoms with Gasteiger partial charge in [-0.1, -0.05) is 20.3 Å². The van der Waals surface area contributed by atoms with Crippen molar-refractivity contribution in [2.24, 2.45) is 5.92 Å². The average Bonchev–Trinajstić information content (AvgIpc) is 2.02. The second-order valence-electron chi connectivity index (χ2n) is 3.22. The largest absolute Gasteiger partial charge is 0.501 e. The minimum absolute atomic E-state index is 0.551. The van der Waals surface area contributed by atoms with Gasteiger partial charge in [-0.05, 0) is 18.9 Å². The van der Waals surface area contributed by atoms with Crippen LogP contribution in [0, 0.1) is 11.3 Å². The summed E-state index contributed by atoms with van der Waals surface area (Å²) in [7, 11) is 1.66. The molecule has 0 unspecified atom stereocenters. The molecule has 0 saturated heterocycles. The lowest BCUT2D eigenvalue weighted by molar-refractivity contribution is 0.261. The molecule has 0 aromatic heterocycles. The molecule has 0 aliphatic heterocycles. The smallest absolute Gasteiger partial charge is 0.0975 e. The first kappa shape index (κ1) is 11.2. The first-order valence-electron chi connectivity index (χ1n) is 4.39. The zero-order valence-electron chi connectivity index (χ0n) is 8.48. The van der Waals surface area contributed by atoms with Crippen LogP contribution in [-0.4, -0.2) is 12.8 Å². The Balaban J connectivity index is 4.08. The van der Waals surface area contributed by atoms with Crippen LogP contribution >= 0.6 is 0 Å². The maximum Gasteiger partial charge on any atom is 0.0975 e. The van der Waals surface area contributed by atoms with Crippen molar-refractivity contribution in [3.8, 4) is 0 Å². The number of rotatable bonds is 5. The molecule has 2 nitrogen and oxygen atoms in total. The van der Waals surface area contributed by atoms with Crippen molar-refractivity contribution in [3.05, 3.63) is 11.8 Å². The minimum atomic E-state index is 0.551. The van der Waals surface area contributed by atoms with Gasteiger partial charge in [-0.3, -0.25) is 0 Å². The number of methoxy groups -OCH3 is 1. The highest BCUT2D eigenvalue weighted by atomic mass is 16.5. The van der Waals surface area contributed by atoms with Gasteiger partial charge in [0.2, 0.25) is 0 Å². The zero-order valence-corrected chi connectivity index (χ0v) is 8.48. The Morgan fingerprint density at radius 1 is 1.58 bits per heavy atom. The van der Waals surface area contributed by atoms with Gasteiger partial charge in [-0.15, -0.1) is 0 Å². The van der Waals surface area contributed by atoms with Crippen LogP contribution in [0.2, 0.25) is 0 Å². The third-order valence-electron chi connectivity index (χ3n) is 1.89. The lowest BCUT2D eigenvalue weighted by Crippen LogP contribution is -1.98. The maximum absolute atomic E-state index is 7.27. The van der Waals surface area contributed by atoms with Gasteiger partial charge in [0.05, 0.1) is 12.9 Å². The molecule has 0 radical (unpaired) electrons. The van der Waals surface area contributed by atoms with Gasteiger partial charge in [-0.2, -0.15) is 0 Å².